The van der Waals surface area contributed by atoms with Crippen molar-refractivity contribution in [1.29, 1.82) is 0 Å². The van der Waals surface area contributed by atoms with Crippen molar-refractivity contribution in [3.63, 3.8) is 0 Å². The smallest absolute Gasteiger partial charge is 0.309 e. The van der Waals surface area contributed by atoms with E-state index >= 15 is 0 Å². The topological polar surface area (TPSA) is 48.5 Å². The van der Waals surface area contributed by atoms with Gasteiger partial charge in [-0.05, 0) is 131 Å². The van der Waals surface area contributed by atoms with Crippen molar-refractivity contribution in [2.24, 2.45) is 0 Å². The normalized spacial score (nSPS) is 12.3. The molecule has 0 atom stereocenters. The number of benzene rings is 10. The maximum Gasteiger partial charge on any atom is 0.416 e. The zero-order valence-corrected chi connectivity index (χ0v) is 42.5. The van der Waals surface area contributed by atoms with E-state index in [2.05, 4.69) is 28.8 Å². The van der Waals surface area contributed by atoms with E-state index < -0.39 is 35.2 Å². The van der Waals surface area contributed by atoms with Gasteiger partial charge in [-0.2, -0.15) is 39.5 Å². The first kappa shape index (κ1) is 50.7. The summed E-state index contributed by atoms with van der Waals surface area (Å²) in [4.78, 5) is 15.3. The van der Waals surface area contributed by atoms with Crippen LogP contribution >= 0.6 is 0 Å². The van der Waals surface area contributed by atoms with E-state index in [1.165, 1.54) is 12.1 Å². The van der Waals surface area contributed by atoms with Crippen LogP contribution in [0, 0.1) is 6.92 Å². The number of nitrogens with zero attached hydrogens (tertiary/aromatic N) is 5. The van der Waals surface area contributed by atoms with E-state index in [-0.39, 0.29) is 28.6 Å². The van der Waals surface area contributed by atoms with Crippen LogP contribution in [0.3, 0.4) is 0 Å². The Morgan fingerprint density at radius 1 is 0.296 bits per heavy atom. The van der Waals surface area contributed by atoms with Crippen LogP contribution in [0.15, 0.2) is 224 Å². The molecule has 0 saturated carbocycles. The van der Waals surface area contributed by atoms with Gasteiger partial charge in [0.25, 0.3) is 0 Å². The van der Waals surface area contributed by atoms with Gasteiger partial charge in [-0.15, -0.1) is 0 Å². The van der Waals surface area contributed by atoms with Crippen LogP contribution < -0.4 is 0 Å². The van der Waals surface area contributed by atoms with E-state index in [4.69, 9.17) is 15.0 Å². The average molecular weight is 1090 g/mol. The SMILES string of the molecule is Cc1cc(-c2ccc3c4ccc(-c5cc(C(F)(F)F)cc(C(F)(F)F)c5)cc4n(-c4ccc(-c5ccc6c(c5)c5ccccc5n6-c5ccccc5)cc4-c4nc(-c5ccccc5)nc(-c5ccccc5)n4)c3c2)cc(C(F)(F)F)c1. The quantitative estimate of drug-likeness (QED) is 0.143. The van der Waals surface area contributed by atoms with Gasteiger partial charge in [0.2, 0.25) is 0 Å². The van der Waals surface area contributed by atoms with Crippen molar-refractivity contribution in [3.8, 4) is 78.9 Å². The first-order valence-corrected chi connectivity index (χ1v) is 25.6. The van der Waals surface area contributed by atoms with Crippen molar-refractivity contribution < 1.29 is 39.5 Å². The van der Waals surface area contributed by atoms with Gasteiger partial charge in [0, 0.05) is 43.9 Å². The van der Waals surface area contributed by atoms with Crippen molar-refractivity contribution in [2.45, 2.75) is 25.5 Å². The van der Waals surface area contributed by atoms with E-state index in [9.17, 15) is 39.5 Å². The predicted molar refractivity (Wildman–Crippen MR) is 301 cm³/mol. The van der Waals surface area contributed by atoms with Crippen LogP contribution in [0.25, 0.3) is 123 Å². The Kier molecular flexibility index (Phi) is 12.0. The summed E-state index contributed by atoms with van der Waals surface area (Å²) in [7, 11) is 0. The van der Waals surface area contributed by atoms with E-state index in [1.54, 1.807) is 37.3 Å². The molecule has 0 bridgehead atoms. The van der Waals surface area contributed by atoms with Gasteiger partial charge in [-0.1, -0.05) is 140 Å². The molecular weight excluding hydrogens is 1050 g/mol. The molecule has 0 aliphatic heterocycles. The van der Waals surface area contributed by atoms with Crippen molar-refractivity contribution >= 4 is 43.6 Å². The van der Waals surface area contributed by atoms with E-state index in [0.717, 1.165) is 50.8 Å². The molecule has 0 radical (unpaired) electrons. The maximum atomic E-state index is 14.4. The Labute approximate surface area is 456 Å². The lowest BCUT2D eigenvalue weighted by Gasteiger charge is -2.17. The van der Waals surface area contributed by atoms with Crippen LogP contribution in [0.5, 0.6) is 0 Å². The highest BCUT2D eigenvalue weighted by molar-refractivity contribution is 6.13. The molecule has 5 nitrogen and oxygen atoms in total. The maximum absolute atomic E-state index is 14.4. The minimum Gasteiger partial charge on any atom is -0.309 e. The number of aryl methyl sites for hydroxylation is 1. The molecule has 14 heteroatoms. The fourth-order valence-corrected chi connectivity index (χ4v) is 10.9. The fourth-order valence-electron chi connectivity index (χ4n) is 10.9. The zero-order valence-electron chi connectivity index (χ0n) is 42.5. The highest BCUT2D eigenvalue weighted by atomic mass is 19.4. The van der Waals surface area contributed by atoms with Crippen LogP contribution in [-0.4, -0.2) is 24.1 Å². The number of hydrogen-bond acceptors (Lipinski definition) is 3. The molecule has 0 N–H and O–H groups in total. The van der Waals surface area contributed by atoms with E-state index in [0.29, 0.717) is 79.1 Å². The number of rotatable bonds is 8. The summed E-state index contributed by atoms with van der Waals surface area (Å²) in [6, 6.07) is 63.8. The number of fused-ring (bicyclic) bond motifs is 6. The molecule has 0 aliphatic carbocycles. The van der Waals surface area contributed by atoms with Crippen molar-refractivity contribution in [3.05, 3.63) is 247 Å². The first-order valence-electron chi connectivity index (χ1n) is 25.6. The number of para-hydroxylation sites is 2. The number of alkyl halides is 9. The fraction of sp³-hybridized carbons (Fsp3) is 0.0597. The molecule has 0 amide bonds. The monoisotopic (exact) mass is 1090 g/mol. The molecule has 13 rings (SSSR count). The van der Waals surface area contributed by atoms with E-state index in [1.807, 2.05) is 132 Å². The standard InChI is InChI=1S/C67H40F9N5/c1-39-29-46(31-48(30-39)65(68,69)70)44-21-25-53-54-26-22-45(47-32-49(66(71,72)73)38-50(33-47)67(74,75)76)37-61(54)81(60(53)36-44)59-28-24-43(42-23-27-58-55(34-42)52-19-11-12-20-57(52)80(58)51-17-9-4-10-18-51)35-56(59)64-78-62(40-13-5-2-6-14-40)77-63(79-64)41-15-7-3-8-16-41/h2-38H,1H3. The number of hydrogen-bond donors (Lipinski definition) is 0. The van der Waals surface area contributed by atoms with Crippen LogP contribution in [0.2, 0.25) is 0 Å². The molecule has 3 heterocycles. The Morgan fingerprint density at radius 3 is 1.30 bits per heavy atom. The second kappa shape index (κ2) is 19.2. The minimum atomic E-state index is -5.12. The molecule has 13 aromatic rings. The summed E-state index contributed by atoms with van der Waals surface area (Å²) in [5, 5.41) is 3.13. The lowest BCUT2D eigenvalue weighted by Crippen LogP contribution is -2.11. The van der Waals surface area contributed by atoms with Gasteiger partial charge < -0.3 is 9.13 Å². The molecule has 10 aromatic carbocycles. The molecule has 396 valence electrons. The van der Waals surface area contributed by atoms with Crippen LogP contribution in [0.1, 0.15) is 22.3 Å². The molecule has 3 aromatic heterocycles. The van der Waals surface area contributed by atoms with Gasteiger partial charge in [0.05, 0.1) is 44.4 Å². The molecule has 81 heavy (non-hydrogen) atoms. The Morgan fingerprint density at radius 2 is 0.728 bits per heavy atom. The van der Waals surface area contributed by atoms with Gasteiger partial charge in [-0.25, -0.2) is 15.0 Å². The van der Waals surface area contributed by atoms with Gasteiger partial charge >= 0.3 is 18.5 Å². The number of halogens is 9. The second-order valence-electron chi connectivity index (χ2n) is 19.9. The van der Waals surface area contributed by atoms with Gasteiger partial charge in [0.1, 0.15) is 0 Å². The summed E-state index contributed by atoms with van der Waals surface area (Å²) >= 11 is 0. The minimum absolute atomic E-state index is 0.0379. The molecule has 0 spiro atoms. The summed E-state index contributed by atoms with van der Waals surface area (Å²) in [5.41, 5.74) is 4.49. The van der Waals surface area contributed by atoms with Crippen molar-refractivity contribution in [2.75, 3.05) is 0 Å². The van der Waals surface area contributed by atoms with Crippen LogP contribution in [0.4, 0.5) is 39.5 Å². The molecule has 0 saturated heterocycles. The largest absolute Gasteiger partial charge is 0.416 e. The van der Waals surface area contributed by atoms with Crippen LogP contribution in [-0.2, 0) is 18.5 Å². The van der Waals surface area contributed by atoms with Crippen molar-refractivity contribution in [1.82, 2.24) is 24.1 Å². The van der Waals surface area contributed by atoms with Gasteiger partial charge in [-0.3, -0.25) is 0 Å². The zero-order chi connectivity index (χ0) is 56.0. The summed E-state index contributed by atoms with van der Waals surface area (Å²) in [6.45, 7) is 1.57. The number of aromatic nitrogens is 5. The third-order valence-electron chi connectivity index (χ3n) is 14.6. The third kappa shape index (κ3) is 9.31. The summed E-state index contributed by atoms with van der Waals surface area (Å²) in [5.74, 6) is 0.884. The highest BCUT2D eigenvalue weighted by Gasteiger charge is 2.37. The first-order chi connectivity index (χ1) is 38.9. The molecular formula is C67H40F9N5. The second-order valence-corrected chi connectivity index (χ2v) is 19.9. The Hall–Kier alpha value is -9.82. The Balaban J connectivity index is 1.12. The summed E-state index contributed by atoms with van der Waals surface area (Å²) in [6.07, 6.45) is -14.9. The summed E-state index contributed by atoms with van der Waals surface area (Å²) < 4.78 is 134. The van der Waals surface area contributed by atoms with Gasteiger partial charge in [0.15, 0.2) is 17.5 Å². The predicted octanol–water partition coefficient (Wildman–Crippen LogP) is 19.4. The molecule has 0 fully saturated rings. The Bertz CT molecular complexity index is 4510. The third-order valence-corrected chi connectivity index (χ3v) is 14.6. The highest BCUT2D eigenvalue weighted by Crippen LogP contribution is 2.45. The lowest BCUT2D eigenvalue weighted by molar-refractivity contribution is -0.143. The lowest BCUT2D eigenvalue weighted by atomic mass is 9.97. The molecule has 0 aliphatic rings. The average Bonchev–Trinajstić information content (AvgIpc) is 4.11. The molecule has 0 unspecified atom stereocenters.